The van der Waals surface area contributed by atoms with Gasteiger partial charge in [0.1, 0.15) is 5.78 Å². The summed E-state index contributed by atoms with van der Waals surface area (Å²) >= 11 is 0. The molecule has 0 aromatic heterocycles. The van der Waals surface area contributed by atoms with Crippen LogP contribution in [0.2, 0.25) is 0 Å². The Hall–Kier alpha value is -0.0848. The molecule has 0 heterocycles. The van der Waals surface area contributed by atoms with Gasteiger partial charge in [-0.25, -0.2) is 0 Å². The molecule has 18 heavy (non-hydrogen) atoms. The molecular formula is C16H13ORb. The van der Waals surface area contributed by atoms with Gasteiger partial charge in [0, 0.05) is 0 Å². The van der Waals surface area contributed by atoms with Crippen LogP contribution in [-0.4, -0.2) is 5.78 Å². The Morgan fingerprint density at radius 2 is 2.00 bits per heavy atom. The average Bonchev–Trinajstić information content (AvgIpc) is 2.38. The quantitative estimate of drug-likeness (QED) is 0.587. The van der Waals surface area contributed by atoms with Gasteiger partial charge in [-0.2, -0.15) is 0 Å². The molecule has 0 saturated heterocycles. The first-order valence-corrected chi connectivity index (χ1v) is 5.95. The Kier molecular flexibility index (Phi) is 4.71. The van der Waals surface area contributed by atoms with E-state index in [4.69, 9.17) is 0 Å². The van der Waals surface area contributed by atoms with Crippen LogP contribution in [0.5, 0.6) is 0 Å². The molecule has 0 saturated carbocycles. The number of aryl methyl sites for hydroxylation is 1. The van der Waals surface area contributed by atoms with E-state index in [1.807, 2.05) is 30.3 Å². The first-order chi connectivity index (χ1) is 8.29. The first-order valence-electron chi connectivity index (χ1n) is 5.95. The third kappa shape index (κ3) is 2.46. The summed E-state index contributed by atoms with van der Waals surface area (Å²) < 4.78 is 0. The second kappa shape index (κ2) is 5.91. The zero-order valence-electron chi connectivity index (χ0n) is 10.8. The van der Waals surface area contributed by atoms with Gasteiger partial charge in [0.15, 0.2) is 0 Å². The minimum absolute atomic E-state index is 0. The monoisotopic (exact) mass is 306 g/mol. The summed E-state index contributed by atoms with van der Waals surface area (Å²) in [5.41, 5.74) is 5.08. The van der Waals surface area contributed by atoms with E-state index in [1.54, 1.807) is 0 Å². The number of fused-ring (bicyclic) bond motifs is 2. The van der Waals surface area contributed by atoms with Crippen molar-refractivity contribution in [2.45, 2.75) is 19.8 Å². The summed E-state index contributed by atoms with van der Waals surface area (Å²) in [5, 5.41) is 0. The van der Waals surface area contributed by atoms with Crippen LogP contribution >= 0.6 is 0 Å². The van der Waals surface area contributed by atoms with Crippen LogP contribution in [0, 0.1) is 6.07 Å². The van der Waals surface area contributed by atoms with Crippen molar-refractivity contribution in [1.82, 2.24) is 0 Å². The molecule has 1 nitrogen and oxygen atoms in total. The number of carbonyl (C=O) groups is 1. The third-order valence-electron chi connectivity index (χ3n) is 3.36. The summed E-state index contributed by atoms with van der Waals surface area (Å²) in [6, 6.07) is 15.1. The van der Waals surface area contributed by atoms with E-state index in [1.165, 1.54) is 5.56 Å². The van der Waals surface area contributed by atoms with Gasteiger partial charge < -0.3 is 4.79 Å². The predicted molar refractivity (Wildman–Crippen MR) is 67.3 cm³/mol. The molecule has 0 N–H and O–H groups in total. The van der Waals surface area contributed by atoms with Gasteiger partial charge in [-0.1, -0.05) is 48.7 Å². The molecule has 0 bridgehead atoms. The Bertz CT molecular complexity index is 602. The molecule has 0 spiro atoms. The van der Waals surface area contributed by atoms with Crippen LogP contribution < -0.4 is 58.2 Å². The molecule has 0 aliphatic heterocycles. The molecule has 0 fully saturated rings. The molecule has 1 aliphatic rings. The van der Waals surface area contributed by atoms with Gasteiger partial charge in [-0.05, 0) is 12.0 Å². The van der Waals surface area contributed by atoms with Crippen molar-refractivity contribution in [3.05, 3.63) is 70.3 Å². The van der Waals surface area contributed by atoms with E-state index in [2.05, 4.69) is 19.1 Å². The molecular weight excluding hydrogens is 294 g/mol. The fraction of sp³-hybridized carbons (Fsp3) is 0.188. The molecule has 0 amide bonds. The van der Waals surface area contributed by atoms with Crippen molar-refractivity contribution in [3.63, 3.8) is 0 Å². The predicted octanol–water partition coefficient (Wildman–Crippen LogP) is 0.188. The van der Waals surface area contributed by atoms with Crippen molar-refractivity contribution in [2.24, 2.45) is 0 Å². The van der Waals surface area contributed by atoms with Crippen LogP contribution in [0.4, 0.5) is 0 Å². The Morgan fingerprint density at radius 1 is 1.22 bits per heavy atom. The minimum Gasteiger partial charge on any atom is -0.346 e. The van der Waals surface area contributed by atoms with Gasteiger partial charge in [0.2, 0.25) is 0 Å². The van der Waals surface area contributed by atoms with E-state index in [0.717, 1.165) is 35.1 Å². The van der Waals surface area contributed by atoms with Gasteiger partial charge in [0.05, 0.1) is 0 Å². The maximum atomic E-state index is 12.3. The van der Waals surface area contributed by atoms with E-state index in [0.29, 0.717) is 0 Å². The number of carbonyl (C=O) groups excluding carboxylic acids is 1. The molecule has 2 aromatic rings. The number of ketones is 1. The van der Waals surface area contributed by atoms with Gasteiger partial charge in [-0.3, -0.25) is 0 Å². The third-order valence-corrected chi connectivity index (χ3v) is 3.36. The van der Waals surface area contributed by atoms with Crippen LogP contribution in [0.15, 0.2) is 36.4 Å². The van der Waals surface area contributed by atoms with Gasteiger partial charge >= 0.3 is 58.2 Å². The minimum atomic E-state index is 0. The fourth-order valence-electron chi connectivity index (χ4n) is 2.39. The van der Waals surface area contributed by atoms with E-state index in [-0.39, 0.29) is 64.0 Å². The van der Waals surface area contributed by atoms with E-state index in [9.17, 15) is 4.79 Å². The topological polar surface area (TPSA) is 17.1 Å². The van der Waals surface area contributed by atoms with Crippen molar-refractivity contribution < 1.29 is 63.0 Å². The molecule has 3 rings (SSSR count). The normalized spacial score (nSPS) is 12.4. The van der Waals surface area contributed by atoms with Crippen LogP contribution in [0.1, 0.15) is 39.5 Å². The second-order valence-electron chi connectivity index (χ2n) is 4.42. The van der Waals surface area contributed by atoms with E-state index >= 15 is 0 Å². The van der Waals surface area contributed by atoms with Crippen molar-refractivity contribution in [3.8, 4) is 0 Å². The van der Waals surface area contributed by atoms with Crippen molar-refractivity contribution in [2.75, 3.05) is 0 Å². The van der Waals surface area contributed by atoms with E-state index < -0.39 is 0 Å². The summed E-state index contributed by atoms with van der Waals surface area (Å²) in [7, 11) is 0. The zero-order valence-corrected chi connectivity index (χ0v) is 15.7. The van der Waals surface area contributed by atoms with Crippen molar-refractivity contribution >= 4 is 5.78 Å². The molecule has 2 heteroatoms. The number of hydrogen-bond acceptors (Lipinski definition) is 1. The summed E-state index contributed by atoms with van der Waals surface area (Å²) in [4.78, 5) is 12.3. The smallest absolute Gasteiger partial charge is 0.346 e. The molecule has 1 aliphatic carbocycles. The van der Waals surface area contributed by atoms with Gasteiger partial charge in [0.25, 0.3) is 0 Å². The Balaban J connectivity index is 0.00000120. The number of hydrogen-bond donors (Lipinski definition) is 0. The Morgan fingerprint density at radius 3 is 2.78 bits per heavy atom. The maximum absolute atomic E-state index is 12.3. The Labute approximate surface area is 156 Å². The van der Waals surface area contributed by atoms with Crippen LogP contribution in [0.3, 0.4) is 0 Å². The van der Waals surface area contributed by atoms with Crippen LogP contribution in [0.25, 0.3) is 0 Å². The molecule has 2 aromatic carbocycles. The molecule has 84 valence electrons. The SMILES string of the molecule is CCc1c[c-]c2c(c1)Cc1ccccc1C2=O.[Rb+]. The molecule has 0 radical (unpaired) electrons. The summed E-state index contributed by atoms with van der Waals surface area (Å²) in [6.07, 6.45) is 1.83. The molecule has 0 unspecified atom stereocenters. The molecule has 0 atom stereocenters. The average molecular weight is 307 g/mol. The van der Waals surface area contributed by atoms with Crippen molar-refractivity contribution in [1.29, 1.82) is 0 Å². The standard InChI is InChI=1S/C16H13O.Rb/c1-2-11-7-8-15-13(9-11)10-12-5-3-4-6-14(12)16(15)17;/h3-7,9H,2,10H2,1H3;/q-1;+1. The van der Waals surface area contributed by atoms with Gasteiger partial charge in [-0.15, -0.1) is 29.3 Å². The second-order valence-corrected chi connectivity index (χ2v) is 4.42. The number of benzene rings is 2. The zero-order chi connectivity index (χ0) is 11.8. The fourth-order valence-corrected chi connectivity index (χ4v) is 2.39. The maximum Gasteiger partial charge on any atom is 1.00 e. The number of rotatable bonds is 1. The summed E-state index contributed by atoms with van der Waals surface area (Å²) in [6.45, 7) is 2.12. The van der Waals surface area contributed by atoms with Crippen LogP contribution in [-0.2, 0) is 12.8 Å². The summed E-state index contributed by atoms with van der Waals surface area (Å²) in [5.74, 6) is 0.115. The largest absolute Gasteiger partial charge is 1.00 e. The first kappa shape index (κ1) is 14.3.